The van der Waals surface area contributed by atoms with Crippen molar-refractivity contribution in [2.75, 3.05) is 7.11 Å². The van der Waals surface area contributed by atoms with Crippen LogP contribution >= 0.6 is 46.1 Å². The molecule has 0 aliphatic carbocycles. The van der Waals surface area contributed by atoms with Gasteiger partial charge in [-0.15, -0.1) is 22.9 Å². The van der Waals surface area contributed by atoms with Gasteiger partial charge in [0, 0.05) is 10.3 Å². The van der Waals surface area contributed by atoms with Crippen LogP contribution in [0.3, 0.4) is 0 Å². The molecule has 0 bridgehead atoms. The number of thiophene rings is 1. The van der Waals surface area contributed by atoms with E-state index >= 15 is 0 Å². The molecule has 0 saturated heterocycles. The highest BCUT2D eigenvalue weighted by molar-refractivity contribution is 7.10. The van der Waals surface area contributed by atoms with Crippen molar-refractivity contribution in [1.82, 2.24) is 0 Å². The van der Waals surface area contributed by atoms with Crippen molar-refractivity contribution in [2.24, 2.45) is 0 Å². The summed E-state index contributed by atoms with van der Waals surface area (Å²) in [6.07, 6.45) is 0.710. The molecule has 1 aromatic carbocycles. The lowest BCUT2D eigenvalue weighted by Crippen LogP contribution is -1.93. The van der Waals surface area contributed by atoms with E-state index in [-0.39, 0.29) is 5.38 Å². The third-order valence-corrected chi connectivity index (χ3v) is 4.82. The molecule has 0 fully saturated rings. The maximum absolute atomic E-state index is 6.38. The molecule has 0 spiro atoms. The molecule has 18 heavy (non-hydrogen) atoms. The van der Waals surface area contributed by atoms with Gasteiger partial charge in [0.15, 0.2) is 0 Å². The van der Waals surface area contributed by atoms with Gasteiger partial charge < -0.3 is 4.74 Å². The second-order valence-corrected chi connectivity index (χ2v) is 6.09. The van der Waals surface area contributed by atoms with Crippen molar-refractivity contribution in [3.63, 3.8) is 0 Å². The molecule has 0 amide bonds. The monoisotopic (exact) mass is 320 g/mol. The Morgan fingerprint density at radius 1 is 1.22 bits per heavy atom. The van der Waals surface area contributed by atoms with Crippen LogP contribution in [0.25, 0.3) is 0 Å². The molecular weight excluding hydrogens is 311 g/mol. The van der Waals surface area contributed by atoms with Crippen molar-refractivity contribution in [3.8, 4) is 5.75 Å². The van der Waals surface area contributed by atoms with Gasteiger partial charge in [0.2, 0.25) is 0 Å². The Morgan fingerprint density at radius 2 is 2.00 bits per heavy atom. The lowest BCUT2D eigenvalue weighted by Gasteiger charge is -2.08. The van der Waals surface area contributed by atoms with Gasteiger partial charge in [-0.2, -0.15) is 0 Å². The van der Waals surface area contributed by atoms with Gasteiger partial charge in [0.25, 0.3) is 0 Å². The molecule has 1 nitrogen and oxygen atoms in total. The Morgan fingerprint density at radius 3 is 2.61 bits per heavy atom. The minimum absolute atomic E-state index is 0.0869. The fourth-order valence-corrected chi connectivity index (χ4v) is 3.13. The summed E-state index contributed by atoms with van der Waals surface area (Å²) in [5, 5.41) is 2.97. The minimum Gasteiger partial charge on any atom is -0.496 e. The first-order chi connectivity index (χ1) is 8.60. The zero-order valence-electron chi connectivity index (χ0n) is 9.62. The topological polar surface area (TPSA) is 9.23 Å². The molecule has 96 valence electrons. The minimum atomic E-state index is -0.0869. The highest BCUT2D eigenvalue weighted by Crippen LogP contribution is 2.34. The number of alkyl halides is 1. The molecule has 1 atom stereocenters. The summed E-state index contributed by atoms with van der Waals surface area (Å²) in [7, 11) is 1.65. The Bertz CT molecular complexity index is 539. The fourth-order valence-electron chi connectivity index (χ4n) is 1.58. The third-order valence-electron chi connectivity index (χ3n) is 2.54. The Hall–Kier alpha value is -0.410. The standard InChI is InChI=1S/C13H11Cl3OS/c1-17-9-6-13(18-7-9)12(16)5-8-2-3-10(14)11(15)4-8/h2-4,6-7,12H,5H2,1H3. The van der Waals surface area contributed by atoms with Gasteiger partial charge >= 0.3 is 0 Å². The van der Waals surface area contributed by atoms with Crippen LogP contribution in [0.1, 0.15) is 15.8 Å². The number of hydrogen-bond acceptors (Lipinski definition) is 2. The quantitative estimate of drug-likeness (QED) is 0.667. The van der Waals surface area contributed by atoms with E-state index in [4.69, 9.17) is 39.5 Å². The Balaban J connectivity index is 2.10. The average molecular weight is 322 g/mol. The second kappa shape index (κ2) is 6.16. The normalized spacial score (nSPS) is 12.4. The Labute approximate surface area is 125 Å². The average Bonchev–Trinajstić information content (AvgIpc) is 2.82. The maximum Gasteiger partial charge on any atom is 0.129 e. The molecule has 2 aromatic rings. The van der Waals surface area contributed by atoms with E-state index < -0.39 is 0 Å². The molecule has 2 rings (SSSR count). The smallest absolute Gasteiger partial charge is 0.129 e. The zero-order valence-corrected chi connectivity index (χ0v) is 12.7. The van der Waals surface area contributed by atoms with Crippen molar-refractivity contribution in [3.05, 3.63) is 50.1 Å². The molecule has 0 aliphatic rings. The van der Waals surface area contributed by atoms with Crippen LogP contribution in [0.5, 0.6) is 5.75 Å². The van der Waals surface area contributed by atoms with E-state index in [1.807, 2.05) is 23.6 Å². The molecule has 5 heteroatoms. The van der Waals surface area contributed by atoms with Crippen LogP contribution in [0, 0.1) is 0 Å². The van der Waals surface area contributed by atoms with Gasteiger partial charge in [-0.1, -0.05) is 29.3 Å². The molecule has 0 aliphatic heterocycles. The van der Waals surface area contributed by atoms with E-state index in [1.165, 1.54) is 0 Å². The van der Waals surface area contributed by atoms with Crippen LogP contribution in [0.15, 0.2) is 29.6 Å². The van der Waals surface area contributed by atoms with Gasteiger partial charge in [-0.25, -0.2) is 0 Å². The van der Waals surface area contributed by atoms with Crippen LogP contribution < -0.4 is 4.74 Å². The molecular formula is C13H11Cl3OS. The van der Waals surface area contributed by atoms with Crippen molar-refractivity contribution >= 4 is 46.1 Å². The van der Waals surface area contributed by atoms with Gasteiger partial charge in [-0.3, -0.25) is 0 Å². The first kappa shape index (κ1) is 14.0. The number of benzene rings is 1. The lowest BCUT2D eigenvalue weighted by molar-refractivity contribution is 0.416. The summed E-state index contributed by atoms with van der Waals surface area (Å²) in [5.41, 5.74) is 1.07. The predicted molar refractivity (Wildman–Crippen MR) is 79.6 cm³/mol. The summed E-state index contributed by atoms with van der Waals surface area (Å²) >= 11 is 19.8. The highest BCUT2D eigenvalue weighted by Gasteiger charge is 2.13. The van der Waals surface area contributed by atoms with Crippen molar-refractivity contribution in [2.45, 2.75) is 11.8 Å². The van der Waals surface area contributed by atoms with E-state index in [0.717, 1.165) is 16.2 Å². The molecule has 1 unspecified atom stereocenters. The molecule has 1 aromatic heterocycles. The molecule has 1 heterocycles. The number of hydrogen-bond donors (Lipinski definition) is 0. The number of halogens is 3. The van der Waals surface area contributed by atoms with Crippen LogP contribution in [-0.4, -0.2) is 7.11 Å². The van der Waals surface area contributed by atoms with Crippen LogP contribution in [0.4, 0.5) is 0 Å². The molecule has 0 radical (unpaired) electrons. The summed E-state index contributed by atoms with van der Waals surface area (Å²) in [6, 6.07) is 7.54. The number of rotatable bonds is 4. The summed E-state index contributed by atoms with van der Waals surface area (Å²) in [4.78, 5) is 1.08. The number of methoxy groups -OCH3 is 1. The first-order valence-electron chi connectivity index (χ1n) is 5.30. The van der Waals surface area contributed by atoms with Gasteiger partial charge in [0.1, 0.15) is 5.75 Å². The third kappa shape index (κ3) is 3.33. The van der Waals surface area contributed by atoms with E-state index in [2.05, 4.69) is 0 Å². The maximum atomic E-state index is 6.38. The number of ether oxygens (including phenoxy) is 1. The van der Waals surface area contributed by atoms with Crippen LogP contribution in [-0.2, 0) is 6.42 Å². The zero-order chi connectivity index (χ0) is 13.1. The predicted octanol–water partition coefficient (Wildman–Crippen LogP) is 5.59. The Kier molecular flexibility index (Phi) is 4.79. The lowest BCUT2D eigenvalue weighted by atomic mass is 10.1. The second-order valence-electron chi connectivity index (χ2n) is 3.81. The molecule has 0 N–H and O–H groups in total. The van der Waals surface area contributed by atoms with E-state index in [0.29, 0.717) is 16.5 Å². The van der Waals surface area contributed by atoms with Gasteiger partial charge in [0.05, 0.1) is 22.5 Å². The van der Waals surface area contributed by atoms with Crippen molar-refractivity contribution < 1.29 is 4.74 Å². The van der Waals surface area contributed by atoms with Gasteiger partial charge in [-0.05, 0) is 30.2 Å². The summed E-state index contributed by atoms with van der Waals surface area (Å²) in [6.45, 7) is 0. The summed E-state index contributed by atoms with van der Waals surface area (Å²) in [5.74, 6) is 0.842. The SMILES string of the molecule is COc1csc(C(Cl)Cc2ccc(Cl)c(Cl)c2)c1. The summed E-state index contributed by atoms with van der Waals surface area (Å²) < 4.78 is 5.14. The first-order valence-corrected chi connectivity index (χ1v) is 7.37. The van der Waals surface area contributed by atoms with E-state index in [9.17, 15) is 0 Å². The van der Waals surface area contributed by atoms with Crippen molar-refractivity contribution in [1.29, 1.82) is 0 Å². The fraction of sp³-hybridized carbons (Fsp3) is 0.231. The molecule has 0 saturated carbocycles. The van der Waals surface area contributed by atoms with Crippen LogP contribution in [0.2, 0.25) is 10.0 Å². The van der Waals surface area contributed by atoms with E-state index in [1.54, 1.807) is 24.5 Å². The largest absolute Gasteiger partial charge is 0.496 e. The highest BCUT2D eigenvalue weighted by atomic mass is 35.5.